The molecule has 6 nitrogen and oxygen atoms in total. The maximum Gasteiger partial charge on any atom is 0.319 e. The number of benzene rings is 1. The number of aliphatic hydroxyl groups excluding tert-OH is 1. The predicted octanol–water partition coefficient (Wildman–Crippen LogP) is 1.78. The first kappa shape index (κ1) is 17.0. The topological polar surface area (TPSA) is 90.5 Å². The molecule has 0 aliphatic rings. The SMILES string of the molecule is CC(O)c1cccc(NC(=O)NCC(=O)NC(C)(C)C)c1. The molecule has 0 bridgehead atoms. The van der Waals surface area contributed by atoms with E-state index in [1.807, 2.05) is 20.8 Å². The van der Waals surface area contributed by atoms with Gasteiger partial charge in [0, 0.05) is 11.2 Å². The highest BCUT2D eigenvalue weighted by Gasteiger charge is 2.14. The van der Waals surface area contributed by atoms with Crippen LogP contribution in [0.3, 0.4) is 0 Å². The zero-order valence-electron chi connectivity index (χ0n) is 12.9. The predicted molar refractivity (Wildman–Crippen MR) is 82.0 cm³/mol. The molecule has 0 aliphatic heterocycles. The molecule has 1 unspecified atom stereocenters. The fraction of sp³-hybridized carbons (Fsp3) is 0.467. The van der Waals surface area contributed by atoms with Crippen LogP contribution >= 0.6 is 0 Å². The van der Waals surface area contributed by atoms with Crippen molar-refractivity contribution in [3.8, 4) is 0 Å². The van der Waals surface area contributed by atoms with Gasteiger partial charge in [-0.15, -0.1) is 0 Å². The monoisotopic (exact) mass is 293 g/mol. The Balaban J connectivity index is 2.47. The fourth-order valence-corrected chi connectivity index (χ4v) is 1.67. The first-order valence-corrected chi connectivity index (χ1v) is 6.81. The highest BCUT2D eigenvalue weighted by molar-refractivity contribution is 5.92. The van der Waals surface area contributed by atoms with Crippen molar-refractivity contribution >= 4 is 17.6 Å². The lowest BCUT2D eigenvalue weighted by molar-refractivity contribution is -0.121. The average molecular weight is 293 g/mol. The number of amides is 3. The number of nitrogens with one attached hydrogen (secondary N) is 3. The molecule has 0 spiro atoms. The van der Waals surface area contributed by atoms with Gasteiger partial charge in [-0.3, -0.25) is 4.79 Å². The summed E-state index contributed by atoms with van der Waals surface area (Å²) >= 11 is 0. The lowest BCUT2D eigenvalue weighted by Crippen LogP contribution is -2.46. The Hall–Kier alpha value is -2.08. The van der Waals surface area contributed by atoms with Crippen molar-refractivity contribution in [2.24, 2.45) is 0 Å². The van der Waals surface area contributed by atoms with E-state index in [0.29, 0.717) is 11.3 Å². The summed E-state index contributed by atoms with van der Waals surface area (Å²) in [5.74, 6) is -0.254. The van der Waals surface area contributed by atoms with Crippen LogP contribution in [0.1, 0.15) is 39.4 Å². The number of rotatable bonds is 4. The summed E-state index contributed by atoms with van der Waals surface area (Å²) in [5.41, 5.74) is 0.932. The molecule has 0 fully saturated rings. The standard InChI is InChI=1S/C15H23N3O3/c1-10(19)11-6-5-7-12(8-11)17-14(21)16-9-13(20)18-15(2,3)4/h5-8,10,19H,9H2,1-4H3,(H,18,20)(H2,16,17,21). The lowest BCUT2D eigenvalue weighted by Gasteiger charge is -2.20. The van der Waals surface area contributed by atoms with Crippen molar-refractivity contribution in [3.05, 3.63) is 29.8 Å². The average Bonchev–Trinajstić information content (AvgIpc) is 2.34. The number of carbonyl (C=O) groups excluding carboxylic acids is 2. The highest BCUT2D eigenvalue weighted by atomic mass is 16.3. The Labute approximate surface area is 124 Å². The lowest BCUT2D eigenvalue weighted by atomic mass is 10.1. The van der Waals surface area contributed by atoms with Crippen molar-refractivity contribution in [3.63, 3.8) is 0 Å². The van der Waals surface area contributed by atoms with Gasteiger partial charge < -0.3 is 21.1 Å². The van der Waals surface area contributed by atoms with E-state index in [0.717, 1.165) is 0 Å². The van der Waals surface area contributed by atoms with Gasteiger partial charge in [-0.25, -0.2) is 4.79 Å². The summed E-state index contributed by atoms with van der Waals surface area (Å²) in [4.78, 5) is 23.3. The molecule has 116 valence electrons. The van der Waals surface area contributed by atoms with E-state index in [1.54, 1.807) is 31.2 Å². The fourth-order valence-electron chi connectivity index (χ4n) is 1.67. The molecule has 0 aliphatic carbocycles. The van der Waals surface area contributed by atoms with Crippen LogP contribution in [0.4, 0.5) is 10.5 Å². The molecule has 1 rings (SSSR count). The largest absolute Gasteiger partial charge is 0.389 e. The van der Waals surface area contributed by atoms with E-state index in [4.69, 9.17) is 0 Å². The number of hydrogen-bond acceptors (Lipinski definition) is 3. The third kappa shape index (κ3) is 6.76. The second kappa shape index (κ2) is 7.08. The molecule has 0 aromatic heterocycles. The maximum atomic E-state index is 11.7. The van der Waals surface area contributed by atoms with Crippen LogP contribution < -0.4 is 16.0 Å². The van der Waals surface area contributed by atoms with E-state index >= 15 is 0 Å². The van der Waals surface area contributed by atoms with Crippen molar-refractivity contribution in [1.29, 1.82) is 0 Å². The normalized spacial score (nSPS) is 12.4. The van der Waals surface area contributed by atoms with Crippen molar-refractivity contribution in [1.82, 2.24) is 10.6 Å². The summed E-state index contributed by atoms with van der Waals surface area (Å²) < 4.78 is 0. The molecule has 0 saturated carbocycles. The second-order valence-corrected chi connectivity index (χ2v) is 5.91. The number of anilines is 1. The molecule has 4 N–H and O–H groups in total. The molecule has 3 amide bonds. The van der Waals surface area contributed by atoms with Gasteiger partial charge in [-0.1, -0.05) is 12.1 Å². The highest BCUT2D eigenvalue weighted by Crippen LogP contribution is 2.16. The zero-order chi connectivity index (χ0) is 16.0. The molecular formula is C15H23N3O3. The minimum absolute atomic E-state index is 0.0980. The third-order valence-electron chi connectivity index (χ3n) is 2.55. The Morgan fingerprint density at radius 1 is 1.29 bits per heavy atom. The van der Waals surface area contributed by atoms with Gasteiger partial charge in [-0.05, 0) is 45.4 Å². The van der Waals surface area contributed by atoms with Gasteiger partial charge in [0.25, 0.3) is 0 Å². The maximum absolute atomic E-state index is 11.7. The first-order chi connectivity index (χ1) is 9.67. The van der Waals surface area contributed by atoms with Crippen LogP contribution in [-0.4, -0.2) is 29.1 Å². The van der Waals surface area contributed by atoms with Crippen LogP contribution in [0, 0.1) is 0 Å². The molecule has 6 heteroatoms. The van der Waals surface area contributed by atoms with E-state index in [9.17, 15) is 14.7 Å². The molecule has 0 saturated heterocycles. The molecule has 21 heavy (non-hydrogen) atoms. The molecule has 0 radical (unpaired) electrons. The molecule has 1 aromatic carbocycles. The molecule has 1 aromatic rings. The molecular weight excluding hydrogens is 270 g/mol. The Morgan fingerprint density at radius 3 is 2.52 bits per heavy atom. The number of urea groups is 1. The van der Waals surface area contributed by atoms with Crippen LogP contribution in [0.25, 0.3) is 0 Å². The van der Waals surface area contributed by atoms with Crippen LogP contribution in [0.2, 0.25) is 0 Å². The van der Waals surface area contributed by atoms with Gasteiger partial charge >= 0.3 is 6.03 Å². The summed E-state index contributed by atoms with van der Waals surface area (Å²) in [6.07, 6.45) is -0.604. The number of carbonyl (C=O) groups is 2. The van der Waals surface area contributed by atoms with Gasteiger partial charge in [0.05, 0.1) is 12.6 Å². The summed E-state index contributed by atoms with van der Waals surface area (Å²) in [6.45, 7) is 7.15. The van der Waals surface area contributed by atoms with Gasteiger partial charge in [0.1, 0.15) is 0 Å². The van der Waals surface area contributed by atoms with Gasteiger partial charge in [0.15, 0.2) is 0 Å². The van der Waals surface area contributed by atoms with Gasteiger partial charge in [0.2, 0.25) is 5.91 Å². The van der Waals surface area contributed by atoms with E-state index < -0.39 is 12.1 Å². The summed E-state index contributed by atoms with van der Waals surface area (Å²) in [6, 6.07) is 6.43. The molecule has 0 heterocycles. The molecule has 1 atom stereocenters. The first-order valence-electron chi connectivity index (χ1n) is 6.81. The van der Waals surface area contributed by atoms with E-state index in [2.05, 4.69) is 16.0 Å². The van der Waals surface area contributed by atoms with Crippen LogP contribution in [-0.2, 0) is 4.79 Å². The number of aliphatic hydroxyl groups is 1. The van der Waals surface area contributed by atoms with Crippen LogP contribution in [0.15, 0.2) is 24.3 Å². The minimum atomic E-state index is -0.604. The Kier molecular flexibility index (Phi) is 5.72. The van der Waals surface area contributed by atoms with Crippen LogP contribution in [0.5, 0.6) is 0 Å². The summed E-state index contributed by atoms with van der Waals surface area (Å²) in [7, 11) is 0. The second-order valence-electron chi connectivity index (χ2n) is 5.91. The van der Waals surface area contributed by atoms with E-state index in [1.165, 1.54) is 0 Å². The van der Waals surface area contributed by atoms with Crippen molar-refractivity contribution in [2.45, 2.75) is 39.3 Å². The minimum Gasteiger partial charge on any atom is -0.389 e. The van der Waals surface area contributed by atoms with Gasteiger partial charge in [-0.2, -0.15) is 0 Å². The summed E-state index contributed by atoms with van der Waals surface area (Å²) in [5, 5.41) is 17.3. The Morgan fingerprint density at radius 2 is 1.95 bits per heavy atom. The quantitative estimate of drug-likeness (QED) is 0.682. The number of hydrogen-bond donors (Lipinski definition) is 4. The third-order valence-corrected chi connectivity index (χ3v) is 2.55. The van der Waals surface area contributed by atoms with E-state index in [-0.39, 0.29) is 18.0 Å². The Bertz CT molecular complexity index is 507. The smallest absolute Gasteiger partial charge is 0.319 e. The zero-order valence-corrected chi connectivity index (χ0v) is 12.9. The van der Waals surface area contributed by atoms with Crippen molar-refractivity contribution in [2.75, 3.05) is 11.9 Å². The van der Waals surface area contributed by atoms with Crippen molar-refractivity contribution < 1.29 is 14.7 Å².